The van der Waals surface area contributed by atoms with Crippen LogP contribution in [0.3, 0.4) is 0 Å². The fraction of sp³-hybridized carbons (Fsp3) is 0.235. The Morgan fingerprint density at radius 1 is 1.19 bits per heavy atom. The van der Waals surface area contributed by atoms with Gasteiger partial charge in [-0.3, -0.25) is 4.68 Å². The number of benzene rings is 2. The highest BCUT2D eigenvalue weighted by atomic mass is 79.9. The molecule has 0 saturated carbocycles. The smallest absolute Gasteiger partial charge is 0.133 e. The molecule has 21 heavy (non-hydrogen) atoms. The van der Waals surface area contributed by atoms with E-state index < -0.39 is 0 Å². The van der Waals surface area contributed by atoms with Gasteiger partial charge in [0.05, 0.1) is 5.52 Å². The van der Waals surface area contributed by atoms with Crippen molar-refractivity contribution in [3.05, 3.63) is 58.2 Å². The van der Waals surface area contributed by atoms with Crippen molar-refractivity contribution in [1.82, 2.24) is 9.78 Å². The number of rotatable bonds is 4. The van der Waals surface area contributed by atoms with Gasteiger partial charge in [-0.2, -0.15) is 5.10 Å². The standard InChI is InChI=1S/C17H17BrN2O/c1-3-20-16-7-5-4-6-14(16)15(19-20)11-21-17-9-8-13(18)10-12(17)2/h4-10H,3,11H2,1-2H3. The van der Waals surface area contributed by atoms with E-state index in [0.717, 1.165) is 38.9 Å². The Balaban J connectivity index is 1.88. The van der Waals surface area contributed by atoms with Crippen LogP contribution in [0.4, 0.5) is 0 Å². The summed E-state index contributed by atoms with van der Waals surface area (Å²) in [6, 6.07) is 14.3. The van der Waals surface area contributed by atoms with Gasteiger partial charge in [-0.05, 0) is 43.7 Å². The van der Waals surface area contributed by atoms with Crippen LogP contribution < -0.4 is 4.74 Å². The normalized spacial score (nSPS) is 11.0. The van der Waals surface area contributed by atoms with Gasteiger partial charge < -0.3 is 4.74 Å². The quantitative estimate of drug-likeness (QED) is 0.685. The average Bonchev–Trinajstić information content (AvgIpc) is 2.85. The second-order valence-electron chi connectivity index (χ2n) is 4.98. The van der Waals surface area contributed by atoms with Crippen molar-refractivity contribution < 1.29 is 4.74 Å². The second kappa shape index (κ2) is 5.90. The Labute approximate surface area is 132 Å². The first-order valence-electron chi connectivity index (χ1n) is 7.02. The molecular formula is C17H17BrN2O. The number of aryl methyl sites for hydroxylation is 2. The van der Waals surface area contributed by atoms with Crippen LogP contribution in [0.5, 0.6) is 5.75 Å². The summed E-state index contributed by atoms with van der Waals surface area (Å²) in [6.07, 6.45) is 0. The topological polar surface area (TPSA) is 27.1 Å². The summed E-state index contributed by atoms with van der Waals surface area (Å²) in [5.74, 6) is 0.897. The summed E-state index contributed by atoms with van der Waals surface area (Å²) in [6.45, 7) is 5.49. The van der Waals surface area contributed by atoms with Crippen molar-refractivity contribution in [2.45, 2.75) is 27.0 Å². The number of fused-ring (bicyclic) bond motifs is 1. The maximum atomic E-state index is 5.95. The number of ether oxygens (including phenoxy) is 1. The Hall–Kier alpha value is -1.81. The number of halogens is 1. The van der Waals surface area contributed by atoms with Crippen molar-refractivity contribution >= 4 is 26.8 Å². The van der Waals surface area contributed by atoms with Gasteiger partial charge in [0.1, 0.15) is 18.1 Å². The molecule has 0 spiro atoms. The van der Waals surface area contributed by atoms with Crippen molar-refractivity contribution in [3.8, 4) is 5.75 Å². The molecule has 3 rings (SSSR count). The van der Waals surface area contributed by atoms with Crippen LogP contribution in [-0.4, -0.2) is 9.78 Å². The minimum Gasteiger partial charge on any atom is -0.487 e. The van der Waals surface area contributed by atoms with Crippen LogP contribution in [0.15, 0.2) is 46.9 Å². The third kappa shape index (κ3) is 2.81. The third-order valence-corrected chi connectivity index (χ3v) is 4.03. The largest absolute Gasteiger partial charge is 0.487 e. The number of nitrogens with zero attached hydrogens (tertiary/aromatic N) is 2. The first kappa shape index (κ1) is 14.1. The van der Waals surface area contributed by atoms with E-state index in [-0.39, 0.29) is 0 Å². The number of hydrogen-bond donors (Lipinski definition) is 0. The van der Waals surface area contributed by atoms with E-state index >= 15 is 0 Å². The van der Waals surface area contributed by atoms with Gasteiger partial charge >= 0.3 is 0 Å². The van der Waals surface area contributed by atoms with E-state index in [4.69, 9.17) is 4.74 Å². The summed E-state index contributed by atoms with van der Waals surface area (Å²) in [5, 5.41) is 5.81. The van der Waals surface area contributed by atoms with Crippen LogP contribution in [-0.2, 0) is 13.2 Å². The lowest BCUT2D eigenvalue weighted by molar-refractivity contribution is 0.299. The molecule has 0 N–H and O–H groups in total. The number of hydrogen-bond acceptors (Lipinski definition) is 2. The van der Waals surface area contributed by atoms with Crippen LogP contribution >= 0.6 is 15.9 Å². The van der Waals surface area contributed by atoms with Gasteiger partial charge in [-0.25, -0.2) is 0 Å². The highest BCUT2D eigenvalue weighted by molar-refractivity contribution is 9.10. The zero-order valence-corrected chi connectivity index (χ0v) is 13.7. The predicted octanol–water partition coefficient (Wildman–Crippen LogP) is 4.71. The van der Waals surface area contributed by atoms with Gasteiger partial charge in [0.15, 0.2) is 0 Å². The molecular weight excluding hydrogens is 328 g/mol. The van der Waals surface area contributed by atoms with Gasteiger partial charge in [-0.1, -0.05) is 34.1 Å². The molecule has 0 aliphatic rings. The minimum atomic E-state index is 0.482. The lowest BCUT2D eigenvalue weighted by atomic mass is 10.2. The minimum absolute atomic E-state index is 0.482. The summed E-state index contributed by atoms with van der Waals surface area (Å²) in [4.78, 5) is 0. The van der Waals surface area contributed by atoms with Crippen molar-refractivity contribution in [2.24, 2.45) is 0 Å². The zero-order valence-electron chi connectivity index (χ0n) is 12.1. The van der Waals surface area contributed by atoms with E-state index in [0.29, 0.717) is 6.61 Å². The van der Waals surface area contributed by atoms with Crippen LogP contribution in [0, 0.1) is 6.92 Å². The van der Waals surface area contributed by atoms with Gasteiger partial charge in [0.2, 0.25) is 0 Å². The molecule has 3 aromatic rings. The monoisotopic (exact) mass is 344 g/mol. The summed E-state index contributed by atoms with van der Waals surface area (Å²) >= 11 is 3.47. The highest BCUT2D eigenvalue weighted by Gasteiger charge is 2.10. The maximum absolute atomic E-state index is 5.95. The second-order valence-corrected chi connectivity index (χ2v) is 5.89. The highest BCUT2D eigenvalue weighted by Crippen LogP contribution is 2.24. The molecule has 4 heteroatoms. The molecule has 0 atom stereocenters. The Morgan fingerprint density at radius 2 is 2.00 bits per heavy atom. The molecule has 2 aromatic carbocycles. The van der Waals surface area contributed by atoms with Gasteiger partial charge in [0, 0.05) is 16.4 Å². The fourth-order valence-corrected chi connectivity index (χ4v) is 2.94. The molecule has 0 bridgehead atoms. The molecule has 1 heterocycles. The van der Waals surface area contributed by atoms with E-state index in [1.165, 1.54) is 0 Å². The van der Waals surface area contributed by atoms with Gasteiger partial charge in [0.25, 0.3) is 0 Å². The van der Waals surface area contributed by atoms with Crippen LogP contribution in [0.25, 0.3) is 10.9 Å². The zero-order chi connectivity index (χ0) is 14.8. The van der Waals surface area contributed by atoms with Crippen molar-refractivity contribution in [3.63, 3.8) is 0 Å². The molecule has 0 fully saturated rings. The first-order chi connectivity index (χ1) is 10.2. The van der Waals surface area contributed by atoms with Crippen molar-refractivity contribution in [2.75, 3.05) is 0 Å². The molecule has 0 saturated heterocycles. The van der Waals surface area contributed by atoms with E-state index in [2.05, 4.69) is 46.2 Å². The maximum Gasteiger partial charge on any atom is 0.133 e. The molecule has 3 nitrogen and oxygen atoms in total. The number of para-hydroxylation sites is 1. The number of aromatic nitrogens is 2. The summed E-state index contributed by atoms with van der Waals surface area (Å²) in [7, 11) is 0. The lowest BCUT2D eigenvalue weighted by Gasteiger charge is -2.08. The van der Waals surface area contributed by atoms with Crippen LogP contribution in [0.1, 0.15) is 18.2 Å². The van der Waals surface area contributed by atoms with E-state index in [1.54, 1.807) is 0 Å². The average molecular weight is 345 g/mol. The Bertz CT molecular complexity index is 780. The molecule has 108 valence electrons. The molecule has 0 radical (unpaired) electrons. The summed E-state index contributed by atoms with van der Waals surface area (Å²) in [5.41, 5.74) is 3.25. The fourth-order valence-electron chi connectivity index (χ4n) is 2.46. The van der Waals surface area contributed by atoms with Crippen molar-refractivity contribution in [1.29, 1.82) is 0 Å². The molecule has 1 aromatic heterocycles. The third-order valence-electron chi connectivity index (χ3n) is 3.54. The van der Waals surface area contributed by atoms with Crippen LogP contribution in [0.2, 0.25) is 0 Å². The Kier molecular flexibility index (Phi) is 3.97. The molecule has 0 aliphatic carbocycles. The van der Waals surface area contributed by atoms with E-state index in [9.17, 15) is 0 Å². The molecule has 0 amide bonds. The molecule has 0 unspecified atom stereocenters. The predicted molar refractivity (Wildman–Crippen MR) is 88.6 cm³/mol. The summed E-state index contributed by atoms with van der Waals surface area (Å²) < 4.78 is 9.03. The Morgan fingerprint density at radius 3 is 2.76 bits per heavy atom. The lowest BCUT2D eigenvalue weighted by Crippen LogP contribution is -2.01. The van der Waals surface area contributed by atoms with Gasteiger partial charge in [-0.15, -0.1) is 0 Å². The van der Waals surface area contributed by atoms with E-state index in [1.807, 2.05) is 35.9 Å². The first-order valence-corrected chi connectivity index (χ1v) is 7.81. The molecule has 0 aliphatic heterocycles. The SMILES string of the molecule is CCn1nc(COc2ccc(Br)cc2C)c2ccccc21.